The van der Waals surface area contributed by atoms with E-state index in [-0.39, 0.29) is 17.5 Å². The Labute approximate surface area is 235 Å². The third-order valence-electron chi connectivity index (χ3n) is 7.54. The summed E-state index contributed by atoms with van der Waals surface area (Å²) in [4.78, 5) is 20.6. The number of halogens is 1. The second-order valence-corrected chi connectivity index (χ2v) is 11.1. The number of benzene rings is 1. The van der Waals surface area contributed by atoms with E-state index < -0.39 is 0 Å². The van der Waals surface area contributed by atoms with Crippen LogP contribution < -0.4 is 16.0 Å². The molecular weight excluding hydrogens is 540 g/mol. The van der Waals surface area contributed by atoms with Crippen LogP contribution in [0.5, 0.6) is 0 Å². The van der Waals surface area contributed by atoms with Crippen LogP contribution in [0.2, 0.25) is 0 Å². The second-order valence-electron chi connectivity index (χ2n) is 10.2. The number of carbonyl (C=O) groups excluding carboxylic acids is 1. The Bertz CT molecular complexity index is 1130. The van der Waals surface area contributed by atoms with Crippen molar-refractivity contribution >= 4 is 21.8 Å². The molecule has 8 heteroatoms. The van der Waals surface area contributed by atoms with Gasteiger partial charge in [0.25, 0.3) is 0 Å². The van der Waals surface area contributed by atoms with Crippen molar-refractivity contribution in [3.8, 4) is 0 Å². The molecule has 7 nitrogen and oxygen atoms in total. The molecule has 1 aliphatic heterocycles. The molecule has 2 aliphatic carbocycles. The minimum absolute atomic E-state index is 0.0860. The van der Waals surface area contributed by atoms with Crippen molar-refractivity contribution in [2.75, 3.05) is 26.2 Å². The van der Waals surface area contributed by atoms with Gasteiger partial charge in [0.2, 0.25) is 5.91 Å². The maximum absolute atomic E-state index is 12.0. The molecule has 1 saturated carbocycles. The topological polar surface area (TPSA) is 83.9 Å². The Kier molecular flexibility index (Phi) is 10.1. The van der Waals surface area contributed by atoms with Gasteiger partial charge in [0.05, 0.1) is 12.4 Å². The molecule has 2 fully saturated rings. The Hall–Kier alpha value is -2.55. The van der Waals surface area contributed by atoms with Crippen molar-refractivity contribution in [3.05, 3.63) is 81.6 Å². The number of nitrogens with zero attached hydrogens (tertiary/aromatic N) is 3. The summed E-state index contributed by atoms with van der Waals surface area (Å²) in [5.74, 6) is 0.105. The molecule has 204 valence electrons. The van der Waals surface area contributed by atoms with E-state index in [1.54, 1.807) is 0 Å². The number of hydrogen-bond acceptors (Lipinski definition) is 5. The van der Waals surface area contributed by atoms with E-state index in [9.17, 15) is 4.79 Å². The summed E-state index contributed by atoms with van der Waals surface area (Å²) >= 11 is 3.50. The highest BCUT2D eigenvalue weighted by Crippen LogP contribution is 2.46. The van der Waals surface area contributed by atoms with Gasteiger partial charge in [-0.25, -0.2) is 4.98 Å². The van der Waals surface area contributed by atoms with Crippen LogP contribution >= 0.6 is 15.9 Å². The predicted octanol–water partition coefficient (Wildman–Crippen LogP) is 4.31. The van der Waals surface area contributed by atoms with Crippen molar-refractivity contribution in [2.24, 2.45) is 0 Å². The summed E-state index contributed by atoms with van der Waals surface area (Å²) in [6.07, 6.45) is 14.1. The summed E-state index contributed by atoms with van der Waals surface area (Å²) in [5, 5.41) is 9.48. The molecule has 38 heavy (non-hydrogen) atoms. The van der Waals surface area contributed by atoms with E-state index in [1.807, 2.05) is 38.8 Å². The molecule has 3 aliphatic rings. The van der Waals surface area contributed by atoms with Crippen LogP contribution in [0.3, 0.4) is 0 Å². The van der Waals surface area contributed by atoms with Gasteiger partial charge in [-0.1, -0.05) is 37.6 Å². The van der Waals surface area contributed by atoms with Crippen LogP contribution in [0.1, 0.15) is 61.1 Å². The summed E-state index contributed by atoms with van der Waals surface area (Å²) in [5.41, 5.74) is 7.10. The van der Waals surface area contributed by atoms with Gasteiger partial charge in [0, 0.05) is 66.9 Å². The van der Waals surface area contributed by atoms with Crippen molar-refractivity contribution in [1.82, 2.24) is 30.5 Å². The van der Waals surface area contributed by atoms with Crippen LogP contribution in [-0.4, -0.2) is 52.7 Å². The number of aromatic nitrogens is 3. The maximum atomic E-state index is 12.0. The lowest BCUT2D eigenvalue weighted by atomic mass is 10.0. The minimum atomic E-state index is -0.0860. The molecule has 1 amide bonds. The zero-order valence-corrected chi connectivity index (χ0v) is 24.5. The van der Waals surface area contributed by atoms with E-state index in [1.165, 1.54) is 40.8 Å². The smallest absolute Gasteiger partial charge is 0.238 e. The highest BCUT2D eigenvalue weighted by atomic mass is 79.9. The molecule has 6 rings (SSSR count). The van der Waals surface area contributed by atoms with E-state index in [0.717, 1.165) is 56.3 Å². The number of fused-ring (bicyclic) bond motifs is 2. The standard InChI is InChI=1S/C15H14BrN.C13H21N5O.C2H6/c1-10-2-3-12-8-15-13(5-4-11(12)6-10)7-14(16)9-17-15;19-12(11-9-14-5-6-16-11)17-4-3-13(1-2-13)18-8-7-15-10-18;1-2/h2-3,6-7,9H,4-5,8H2,1H3;7-8,10-11,14,16H,1-6,9H2,(H,17,19);1-2H3/t;11-;/m.1./s1. The van der Waals surface area contributed by atoms with Crippen molar-refractivity contribution in [2.45, 2.75) is 70.9 Å². The average molecular weight is 582 g/mol. The number of hydrogen-bond donors (Lipinski definition) is 3. The van der Waals surface area contributed by atoms with Crippen LogP contribution in [0.15, 0.2) is 53.7 Å². The van der Waals surface area contributed by atoms with E-state index >= 15 is 0 Å². The molecule has 0 radical (unpaired) electrons. The average Bonchev–Trinajstić information content (AvgIpc) is 3.57. The number of amides is 1. The van der Waals surface area contributed by atoms with Crippen molar-refractivity contribution in [1.29, 1.82) is 0 Å². The molecule has 1 atom stereocenters. The van der Waals surface area contributed by atoms with Gasteiger partial charge < -0.3 is 20.5 Å². The monoisotopic (exact) mass is 580 g/mol. The first kappa shape index (κ1) is 28.5. The molecule has 2 aromatic heterocycles. The highest BCUT2D eigenvalue weighted by Gasteiger charge is 2.43. The van der Waals surface area contributed by atoms with Gasteiger partial charge in [-0.2, -0.15) is 0 Å². The first-order valence-corrected chi connectivity index (χ1v) is 14.7. The van der Waals surface area contributed by atoms with Gasteiger partial charge in [-0.05, 0) is 77.7 Å². The number of imidazole rings is 1. The normalized spacial score (nSPS) is 18.8. The Balaban J connectivity index is 0.000000167. The lowest BCUT2D eigenvalue weighted by molar-refractivity contribution is -0.123. The molecule has 0 unspecified atom stereocenters. The van der Waals surface area contributed by atoms with Gasteiger partial charge in [-0.15, -0.1) is 0 Å². The fraction of sp³-hybridized carbons (Fsp3) is 0.500. The van der Waals surface area contributed by atoms with E-state index in [2.05, 4.69) is 77.6 Å². The number of pyridine rings is 1. The number of nitrogens with one attached hydrogen (secondary N) is 3. The number of carbonyl (C=O) groups is 1. The van der Waals surface area contributed by atoms with Crippen molar-refractivity contribution in [3.63, 3.8) is 0 Å². The van der Waals surface area contributed by atoms with E-state index in [4.69, 9.17) is 0 Å². The largest absolute Gasteiger partial charge is 0.355 e. The maximum Gasteiger partial charge on any atom is 0.238 e. The molecule has 0 bridgehead atoms. The molecule has 0 spiro atoms. The highest BCUT2D eigenvalue weighted by molar-refractivity contribution is 9.10. The third-order valence-corrected chi connectivity index (χ3v) is 7.97. The minimum Gasteiger partial charge on any atom is -0.355 e. The fourth-order valence-electron chi connectivity index (χ4n) is 5.20. The van der Waals surface area contributed by atoms with E-state index in [0.29, 0.717) is 0 Å². The van der Waals surface area contributed by atoms with Gasteiger partial charge in [0.1, 0.15) is 0 Å². The number of rotatable bonds is 5. The number of aryl methyl sites for hydroxylation is 3. The lowest BCUT2D eigenvalue weighted by Crippen LogP contribution is -2.55. The number of piperazine rings is 1. The summed E-state index contributed by atoms with van der Waals surface area (Å²) in [6.45, 7) is 9.41. The van der Waals surface area contributed by atoms with Crippen LogP contribution in [-0.2, 0) is 29.6 Å². The zero-order valence-electron chi connectivity index (χ0n) is 22.9. The summed E-state index contributed by atoms with van der Waals surface area (Å²) in [7, 11) is 0. The predicted molar refractivity (Wildman–Crippen MR) is 156 cm³/mol. The van der Waals surface area contributed by atoms with Crippen LogP contribution in [0.4, 0.5) is 0 Å². The Morgan fingerprint density at radius 2 is 1.97 bits per heavy atom. The Morgan fingerprint density at radius 3 is 2.68 bits per heavy atom. The molecule has 1 aromatic carbocycles. The summed E-state index contributed by atoms with van der Waals surface area (Å²) < 4.78 is 3.26. The summed E-state index contributed by atoms with van der Waals surface area (Å²) in [6, 6.07) is 8.89. The van der Waals surface area contributed by atoms with Gasteiger partial charge in [-0.3, -0.25) is 9.78 Å². The molecule has 1 saturated heterocycles. The van der Waals surface area contributed by atoms with Gasteiger partial charge in [0.15, 0.2) is 0 Å². The first-order chi connectivity index (χ1) is 18.5. The second kappa shape index (κ2) is 13.5. The molecule has 3 N–H and O–H groups in total. The van der Waals surface area contributed by atoms with Crippen LogP contribution in [0.25, 0.3) is 0 Å². The van der Waals surface area contributed by atoms with Crippen molar-refractivity contribution < 1.29 is 4.79 Å². The molecule has 3 aromatic rings. The third kappa shape index (κ3) is 7.30. The first-order valence-electron chi connectivity index (χ1n) is 13.9. The molecular formula is C30H41BrN6O. The van der Waals surface area contributed by atoms with Gasteiger partial charge >= 0.3 is 0 Å². The van der Waals surface area contributed by atoms with Crippen LogP contribution in [0, 0.1) is 6.92 Å². The SMILES string of the molecule is CC.Cc1ccc2c(c1)CCc1cc(Br)cnc1C2.O=C(NCCC1(n2ccnc2)CC1)[C@H]1CNCCN1. The lowest BCUT2D eigenvalue weighted by Gasteiger charge is -2.24. The zero-order chi connectivity index (χ0) is 27.0. The quantitative estimate of drug-likeness (QED) is 0.419. The fourth-order valence-corrected chi connectivity index (χ4v) is 5.58. The molecule has 3 heterocycles. The Morgan fingerprint density at radius 1 is 1.16 bits per heavy atom.